The standard InChI is InChI=1S/C7H15NO4S.H2O/c9-13(10)12-5-1-2-8-3-6-11-7-4-8;/h13H,1-7H2;1H2. The molecule has 0 atom stereocenters. The number of thiol groups is 1. The number of nitrogens with zero attached hydrogens (tertiary/aromatic N) is 1. The molecule has 0 aromatic carbocycles. The lowest BCUT2D eigenvalue weighted by Crippen LogP contribution is -2.37. The first-order valence-corrected chi connectivity index (χ1v) is 5.46. The summed E-state index contributed by atoms with van der Waals surface area (Å²) in [4.78, 5) is 2.24. The lowest BCUT2D eigenvalue weighted by atomic mass is 10.3. The zero-order valence-electron chi connectivity index (χ0n) is 7.98. The van der Waals surface area contributed by atoms with Gasteiger partial charge in [-0.05, 0) is 6.42 Å². The smallest absolute Gasteiger partial charge is 0.257 e. The predicted octanol–water partition coefficient (Wildman–Crippen LogP) is -1.57. The number of hydrogen-bond acceptors (Lipinski definition) is 5. The van der Waals surface area contributed by atoms with E-state index < -0.39 is 11.0 Å². The van der Waals surface area contributed by atoms with Crippen molar-refractivity contribution in [1.82, 2.24) is 4.90 Å². The van der Waals surface area contributed by atoms with Crippen molar-refractivity contribution in [3.63, 3.8) is 0 Å². The molecule has 0 amide bonds. The normalized spacial score (nSPS) is 18.1. The molecule has 0 aromatic rings. The number of rotatable bonds is 5. The van der Waals surface area contributed by atoms with Crippen LogP contribution in [0.4, 0.5) is 0 Å². The van der Waals surface area contributed by atoms with Crippen LogP contribution in [0.2, 0.25) is 0 Å². The monoisotopic (exact) mass is 227 g/mol. The van der Waals surface area contributed by atoms with Crippen LogP contribution in [0.5, 0.6) is 0 Å². The molecule has 2 N–H and O–H groups in total. The first-order valence-electron chi connectivity index (χ1n) is 4.36. The van der Waals surface area contributed by atoms with Gasteiger partial charge in [0.15, 0.2) is 0 Å². The van der Waals surface area contributed by atoms with Crippen molar-refractivity contribution in [3.8, 4) is 0 Å². The fraction of sp³-hybridized carbons (Fsp3) is 1.00. The Kier molecular flexibility index (Phi) is 8.01. The third kappa shape index (κ3) is 6.28. The molecule has 0 spiro atoms. The maximum atomic E-state index is 10.0. The Bertz CT molecular complexity index is 194. The van der Waals surface area contributed by atoms with Gasteiger partial charge in [-0.2, -0.15) is 0 Å². The average molecular weight is 227 g/mol. The predicted molar refractivity (Wildman–Crippen MR) is 51.8 cm³/mol. The molecule has 86 valence electrons. The molecular formula is C7H17NO5S. The zero-order valence-corrected chi connectivity index (χ0v) is 8.87. The summed E-state index contributed by atoms with van der Waals surface area (Å²) in [6.45, 7) is 4.59. The summed E-state index contributed by atoms with van der Waals surface area (Å²) in [5.74, 6) is 0. The van der Waals surface area contributed by atoms with Crippen molar-refractivity contribution in [2.24, 2.45) is 0 Å². The van der Waals surface area contributed by atoms with Crippen molar-refractivity contribution >= 4 is 11.0 Å². The van der Waals surface area contributed by atoms with Gasteiger partial charge >= 0.3 is 0 Å². The molecule has 6 nitrogen and oxygen atoms in total. The van der Waals surface area contributed by atoms with Crippen LogP contribution in [-0.2, 0) is 19.9 Å². The van der Waals surface area contributed by atoms with E-state index in [4.69, 9.17) is 4.74 Å². The third-order valence-electron chi connectivity index (χ3n) is 1.92. The fourth-order valence-electron chi connectivity index (χ4n) is 1.25. The minimum Gasteiger partial charge on any atom is -0.412 e. The molecule has 0 saturated carbocycles. The van der Waals surface area contributed by atoms with Crippen LogP contribution in [-0.4, -0.2) is 58.2 Å². The van der Waals surface area contributed by atoms with Crippen molar-refractivity contribution in [2.45, 2.75) is 6.42 Å². The van der Waals surface area contributed by atoms with Gasteiger partial charge in [-0.3, -0.25) is 9.08 Å². The highest BCUT2D eigenvalue weighted by molar-refractivity contribution is 7.67. The third-order valence-corrected chi connectivity index (χ3v) is 2.31. The van der Waals surface area contributed by atoms with E-state index in [0.29, 0.717) is 0 Å². The van der Waals surface area contributed by atoms with Gasteiger partial charge in [0.1, 0.15) is 0 Å². The molecule has 1 rings (SSSR count). The summed E-state index contributed by atoms with van der Waals surface area (Å²) in [5, 5.41) is 0. The zero-order chi connectivity index (χ0) is 9.52. The van der Waals surface area contributed by atoms with Crippen LogP contribution in [0.1, 0.15) is 6.42 Å². The molecule has 0 aliphatic carbocycles. The summed E-state index contributed by atoms with van der Waals surface area (Å²) >= 11 is 0. The van der Waals surface area contributed by atoms with E-state index in [0.717, 1.165) is 39.3 Å². The van der Waals surface area contributed by atoms with Gasteiger partial charge in [0.05, 0.1) is 19.8 Å². The fourth-order valence-corrected chi connectivity index (χ4v) is 1.53. The van der Waals surface area contributed by atoms with Crippen LogP contribution in [0.15, 0.2) is 0 Å². The number of morpholine rings is 1. The van der Waals surface area contributed by atoms with Crippen LogP contribution < -0.4 is 0 Å². The SMILES string of the molecule is O.O=[SH](=O)OCCCN1CCOCC1. The van der Waals surface area contributed by atoms with E-state index >= 15 is 0 Å². The van der Waals surface area contributed by atoms with Gasteiger partial charge in [-0.15, -0.1) is 0 Å². The Morgan fingerprint density at radius 1 is 1.29 bits per heavy atom. The average Bonchev–Trinajstić information content (AvgIpc) is 2.14. The molecule has 0 bridgehead atoms. The summed E-state index contributed by atoms with van der Waals surface area (Å²) in [6.07, 6.45) is 0.753. The molecule has 1 fully saturated rings. The van der Waals surface area contributed by atoms with E-state index in [9.17, 15) is 8.42 Å². The summed E-state index contributed by atoms with van der Waals surface area (Å²) in [7, 11) is -2.67. The minimum absolute atomic E-state index is 0. The molecule has 1 aliphatic heterocycles. The minimum atomic E-state index is -2.67. The molecule has 0 unspecified atom stereocenters. The maximum Gasteiger partial charge on any atom is 0.257 e. The van der Waals surface area contributed by atoms with E-state index in [1.807, 2.05) is 0 Å². The van der Waals surface area contributed by atoms with Crippen LogP contribution in [0.25, 0.3) is 0 Å². The van der Waals surface area contributed by atoms with Gasteiger partial charge in [-0.25, -0.2) is 8.42 Å². The van der Waals surface area contributed by atoms with Gasteiger partial charge in [0, 0.05) is 19.6 Å². The topological polar surface area (TPSA) is 87.3 Å². The van der Waals surface area contributed by atoms with E-state index in [1.54, 1.807) is 0 Å². The highest BCUT2D eigenvalue weighted by Gasteiger charge is 2.08. The first kappa shape index (κ1) is 13.8. The molecule has 0 aromatic heterocycles. The first-order chi connectivity index (χ1) is 6.29. The summed E-state index contributed by atoms with van der Waals surface area (Å²) < 4.78 is 29.7. The molecule has 14 heavy (non-hydrogen) atoms. The van der Waals surface area contributed by atoms with E-state index in [-0.39, 0.29) is 12.1 Å². The molecule has 7 heteroatoms. The Morgan fingerprint density at radius 2 is 1.93 bits per heavy atom. The van der Waals surface area contributed by atoms with Crippen molar-refractivity contribution in [1.29, 1.82) is 0 Å². The Balaban J connectivity index is 0.00000169. The second kappa shape index (κ2) is 8.13. The highest BCUT2D eigenvalue weighted by atomic mass is 32.2. The van der Waals surface area contributed by atoms with Crippen LogP contribution in [0, 0.1) is 0 Å². The van der Waals surface area contributed by atoms with Gasteiger partial charge in [-0.1, -0.05) is 0 Å². The van der Waals surface area contributed by atoms with Crippen LogP contribution >= 0.6 is 0 Å². The second-order valence-corrected chi connectivity index (χ2v) is 3.57. The van der Waals surface area contributed by atoms with Crippen molar-refractivity contribution in [3.05, 3.63) is 0 Å². The van der Waals surface area contributed by atoms with Crippen LogP contribution in [0.3, 0.4) is 0 Å². The Morgan fingerprint density at radius 3 is 2.50 bits per heavy atom. The largest absolute Gasteiger partial charge is 0.412 e. The van der Waals surface area contributed by atoms with E-state index in [2.05, 4.69) is 9.08 Å². The molecule has 1 saturated heterocycles. The van der Waals surface area contributed by atoms with Crippen molar-refractivity contribution in [2.75, 3.05) is 39.5 Å². The van der Waals surface area contributed by atoms with Gasteiger partial charge in [0.2, 0.25) is 0 Å². The maximum absolute atomic E-state index is 10.0. The molecule has 1 aliphatic rings. The molecule has 0 radical (unpaired) electrons. The van der Waals surface area contributed by atoms with E-state index in [1.165, 1.54) is 0 Å². The lowest BCUT2D eigenvalue weighted by Gasteiger charge is -2.26. The highest BCUT2D eigenvalue weighted by Crippen LogP contribution is 1.97. The Labute approximate surface area is 85.3 Å². The number of ether oxygens (including phenoxy) is 1. The quantitative estimate of drug-likeness (QED) is 0.453. The summed E-state index contributed by atoms with van der Waals surface area (Å²) in [6, 6.07) is 0. The molecular weight excluding hydrogens is 210 g/mol. The molecule has 1 heterocycles. The Hall–Kier alpha value is -0.210. The number of hydrogen-bond donors (Lipinski definition) is 1. The second-order valence-electron chi connectivity index (χ2n) is 2.86. The lowest BCUT2D eigenvalue weighted by molar-refractivity contribution is 0.0359. The van der Waals surface area contributed by atoms with Gasteiger partial charge < -0.3 is 10.2 Å². The van der Waals surface area contributed by atoms with Crippen molar-refractivity contribution < 1.29 is 22.8 Å². The summed E-state index contributed by atoms with van der Waals surface area (Å²) in [5.41, 5.74) is 0. The van der Waals surface area contributed by atoms with Gasteiger partial charge in [0.25, 0.3) is 11.0 Å².